The summed E-state index contributed by atoms with van der Waals surface area (Å²) < 4.78 is 14.6. The Bertz CT molecular complexity index is 1030. The molecule has 0 aliphatic rings. The number of benzene rings is 2. The second-order valence-electron chi connectivity index (χ2n) is 6.03. The van der Waals surface area contributed by atoms with Gasteiger partial charge in [-0.25, -0.2) is 13.9 Å². The lowest BCUT2D eigenvalue weighted by atomic mass is 10.2. The molecule has 0 aliphatic carbocycles. The van der Waals surface area contributed by atoms with E-state index in [1.165, 1.54) is 28.9 Å². The lowest BCUT2D eigenvalue weighted by molar-refractivity contribution is 0.252. The Labute approximate surface area is 161 Å². The lowest BCUT2D eigenvalue weighted by Crippen LogP contribution is -2.28. The predicted octanol–water partition coefficient (Wildman–Crippen LogP) is 3.32. The Morgan fingerprint density at radius 1 is 1.07 bits per heavy atom. The van der Waals surface area contributed by atoms with Gasteiger partial charge in [0.2, 0.25) is 0 Å². The van der Waals surface area contributed by atoms with Gasteiger partial charge in [-0.2, -0.15) is 5.10 Å². The van der Waals surface area contributed by atoms with Gasteiger partial charge in [-0.15, -0.1) is 0 Å². The first kappa shape index (κ1) is 19.1. The van der Waals surface area contributed by atoms with Crippen LogP contribution in [0.2, 0.25) is 0 Å². The number of carbonyl (C=O) groups is 1. The van der Waals surface area contributed by atoms with E-state index in [0.717, 1.165) is 5.56 Å². The highest BCUT2D eigenvalue weighted by molar-refractivity contribution is 5.89. The first-order chi connectivity index (χ1) is 13.5. The number of nitrogens with one attached hydrogen (secondary N) is 3. The molecule has 144 valence electrons. The fraction of sp³-hybridized carbons (Fsp3) is 0.150. The minimum absolute atomic E-state index is 0.225. The molecule has 1 aromatic heterocycles. The van der Waals surface area contributed by atoms with Crippen molar-refractivity contribution in [1.82, 2.24) is 15.1 Å². The SMILES string of the molecule is CCNC(=O)Nc1cccc(Cn2nc(Nc3cccc(F)c3)ccc2=O)c1. The fourth-order valence-electron chi connectivity index (χ4n) is 2.60. The van der Waals surface area contributed by atoms with Gasteiger partial charge in [0.1, 0.15) is 5.82 Å². The van der Waals surface area contributed by atoms with Gasteiger partial charge in [-0.3, -0.25) is 4.79 Å². The van der Waals surface area contributed by atoms with E-state index in [4.69, 9.17) is 0 Å². The summed E-state index contributed by atoms with van der Waals surface area (Å²) >= 11 is 0. The molecule has 7 nitrogen and oxygen atoms in total. The first-order valence-corrected chi connectivity index (χ1v) is 8.78. The van der Waals surface area contributed by atoms with Crippen molar-refractivity contribution >= 4 is 23.2 Å². The fourth-order valence-corrected chi connectivity index (χ4v) is 2.60. The summed E-state index contributed by atoms with van der Waals surface area (Å²) in [4.78, 5) is 23.8. The van der Waals surface area contributed by atoms with Gasteiger partial charge in [0.15, 0.2) is 5.82 Å². The van der Waals surface area contributed by atoms with Crippen LogP contribution in [0.5, 0.6) is 0 Å². The van der Waals surface area contributed by atoms with Crippen LogP contribution in [0.3, 0.4) is 0 Å². The molecule has 0 bridgehead atoms. The molecule has 0 aliphatic heterocycles. The molecule has 0 radical (unpaired) electrons. The maximum Gasteiger partial charge on any atom is 0.319 e. The molecular weight excluding hydrogens is 361 g/mol. The molecule has 28 heavy (non-hydrogen) atoms. The van der Waals surface area contributed by atoms with Crippen LogP contribution in [0.25, 0.3) is 0 Å². The molecule has 0 saturated heterocycles. The van der Waals surface area contributed by atoms with Crippen molar-refractivity contribution < 1.29 is 9.18 Å². The highest BCUT2D eigenvalue weighted by Gasteiger charge is 2.05. The van der Waals surface area contributed by atoms with E-state index in [1.807, 2.05) is 13.0 Å². The van der Waals surface area contributed by atoms with Crippen LogP contribution >= 0.6 is 0 Å². The number of carbonyl (C=O) groups excluding carboxylic acids is 1. The molecule has 0 unspecified atom stereocenters. The monoisotopic (exact) mass is 381 g/mol. The number of hydrogen-bond donors (Lipinski definition) is 3. The second kappa shape index (κ2) is 8.81. The number of urea groups is 1. The maximum atomic E-state index is 13.3. The lowest BCUT2D eigenvalue weighted by Gasteiger charge is -2.11. The Morgan fingerprint density at radius 2 is 1.86 bits per heavy atom. The standard InChI is InChI=1S/C20H20FN5O2/c1-2-22-20(28)24-16-7-3-5-14(11-16)13-26-19(27)10-9-18(25-26)23-17-8-4-6-15(21)12-17/h3-12H,2,13H2,1H3,(H,23,25)(H2,22,24,28). The van der Waals surface area contributed by atoms with Crippen LogP contribution in [0.1, 0.15) is 12.5 Å². The third-order valence-electron chi connectivity index (χ3n) is 3.82. The van der Waals surface area contributed by atoms with Crippen LogP contribution in [0.15, 0.2) is 65.5 Å². The van der Waals surface area contributed by atoms with Gasteiger partial charge in [0.25, 0.3) is 5.56 Å². The summed E-state index contributed by atoms with van der Waals surface area (Å²) in [6, 6.07) is 15.8. The molecule has 2 aromatic carbocycles. The molecule has 8 heteroatoms. The van der Waals surface area contributed by atoms with E-state index in [0.29, 0.717) is 23.7 Å². The maximum absolute atomic E-state index is 13.3. The summed E-state index contributed by atoms with van der Waals surface area (Å²) in [6.07, 6.45) is 0. The summed E-state index contributed by atoms with van der Waals surface area (Å²) in [5.74, 6) is 0.0524. The number of amides is 2. The van der Waals surface area contributed by atoms with Crippen molar-refractivity contribution in [3.63, 3.8) is 0 Å². The topological polar surface area (TPSA) is 88.1 Å². The quantitative estimate of drug-likeness (QED) is 0.611. The summed E-state index contributed by atoms with van der Waals surface area (Å²) in [5, 5.41) is 12.6. The minimum Gasteiger partial charge on any atom is -0.339 e. The number of anilines is 3. The number of halogens is 1. The summed E-state index contributed by atoms with van der Waals surface area (Å²) in [6.45, 7) is 2.58. The normalized spacial score (nSPS) is 10.4. The molecule has 0 spiro atoms. The summed E-state index contributed by atoms with van der Waals surface area (Å²) in [5.41, 5.74) is 1.68. The Kier molecular flexibility index (Phi) is 6.01. The van der Waals surface area contributed by atoms with E-state index >= 15 is 0 Å². The van der Waals surface area contributed by atoms with E-state index in [9.17, 15) is 14.0 Å². The zero-order valence-electron chi connectivity index (χ0n) is 15.3. The zero-order chi connectivity index (χ0) is 19.9. The van der Waals surface area contributed by atoms with Crippen molar-refractivity contribution in [2.45, 2.75) is 13.5 Å². The molecule has 3 N–H and O–H groups in total. The van der Waals surface area contributed by atoms with Gasteiger partial charge >= 0.3 is 6.03 Å². The average Bonchev–Trinajstić information content (AvgIpc) is 2.65. The summed E-state index contributed by atoms with van der Waals surface area (Å²) in [7, 11) is 0. The highest BCUT2D eigenvalue weighted by Crippen LogP contribution is 2.15. The van der Waals surface area contributed by atoms with Crippen LogP contribution < -0.4 is 21.5 Å². The highest BCUT2D eigenvalue weighted by atomic mass is 19.1. The number of nitrogens with zero attached hydrogens (tertiary/aromatic N) is 2. The van der Waals surface area contributed by atoms with E-state index < -0.39 is 0 Å². The number of rotatable bonds is 6. The zero-order valence-corrected chi connectivity index (χ0v) is 15.3. The molecule has 3 aromatic rings. The predicted molar refractivity (Wildman–Crippen MR) is 106 cm³/mol. The van der Waals surface area contributed by atoms with Crippen molar-refractivity contribution in [3.05, 3.63) is 82.4 Å². The van der Waals surface area contributed by atoms with Crippen LogP contribution in [-0.4, -0.2) is 22.4 Å². The van der Waals surface area contributed by atoms with E-state index in [-0.39, 0.29) is 24.0 Å². The molecule has 1 heterocycles. The average molecular weight is 381 g/mol. The molecule has 3 rings (SSSR count). The Morgan fingerprint density at radius 3 is 2.64 bits per heavy atom. The molecular formula is C20H20FN5O2. The van der Waals surface area contributed by atoms with Crippen molar-refractivity contribution in [1.29, 1.82) is 0 Å². The van der Waals surface area contributed by atoms with Gasteiger partial charge in [-0.1, -0.05) is 18.2 Å². The third kappa shape index (κ3) is 5.16. The van der Waals surface area contributed by atoms with Crippen molar-refractivity contribution in [2.24, 2.45) is 0 Å². The Hall–Kier alpha value is -3.68. The number of aromatic nitrogens is 2. The van der Waals surface area contributed by atoms with Crippen LogP contribution in [0.4, 0.5) is 26.4 Å². The van der Waals surface area contributed by atoms with Crippen LogP contribution in [0, 0.1) is 5.82 Å². The Balaban J connectivity index is 1.77. The largest absolute Gasteiger partial charge is 0.339 e. The number of hydrogen-bond acceptors (Lipinski definition) is 4. The molecule has 2 amide bonds. The van der Waals surface area contributed by atoms with Crippen molar-refractivity contribution in [2.75, 3.05) is 17.2 Å². The minimum atomic E-state index is -0.366. The van der Waals surface area contributed by atoms with Crippen LogP contribution in [-0.2, 0) is 6.54 Å². The smallest absolute Gasteiger partial charge is 0.319 e. The second-order valence-corrected chi connectivity index (χ2v) is 6.03. The third-order valence-corrected chi connectivity index (χ3v) is 3.82. The molecule has 0 atom stereocenters. The van der Waals surface area contributed by atoms with Gasteiger partial charge < -0.3 is 16.0 Å². The molecule has 0 saturated carbocycles. The first-order valence-electron chi connectivity index (χ1n) is 8.78. The molecule has 0 fully saturated rings. The van der Waals surface area contributed by atoms with Gasteiger partial charge in [-0.05, 0) is 48.9 Å². The van der Waals surface area contributed by atoms with Gasteiger partial charge in [0, 0.05) is 24.0 Å². The van der Waals surface area contributed by atoms with E-state index in [1.54, 1.807) is 30.3 Å². The van der Waals surface area contributed by atoms with Gasteiger partial charge in [0.05, 0.1) is 6.54 Å². The van der Waals surface area contributed by atoms with Crippen molar-refractivity contribution in [3.8, 4) is 0 Å². The van der Waals surface area contributed by atoms with E-state index in [2.05, 4.69) is 21.0 Å².